The number of benzene rings is 2. The number of halogens is 3. The zero-order valence-corrected chi connectivity index (χ0v) is 23.5. The van der Waals surface area contributed by atoms with E-state index in [1.807, 2.05) is 26.0 Å². The lowest BCUT2D eigenvalue weighted by Crippen LogP contribution is -2.26. The van der Waals surface area contributed by atoms with Crippen molar-refractivity contribution in [2.75, 3.05) is 63.8 Å². The number of amides is 2. The molecule has 10 nitrogen and oxygen atoms in total. The molecule has 0 aliphatic heterocycles. The summed E-state index contributed by atoms with van der Waals surface area (Å²) in [7, 11) is 7.63. The molecule has 0 saturated carbocycles. The van der Waals surface area contributed by atoms with E-state index in [1.54, 1.807) is 42.2 Å². The molecule has 4 rings (SSSR count). The predicted octanol–water partition coefficient (Wildman–Crippen LogP) is 4.95. The Bertz CT molecular complexity index is 1470. The van der Waals surface area contributed by atoms with Gasteiger partial charge in [-0.15, -0.1) is 0 Å². The van der Waals surface area contributed by atoms with Gasteiger partial charge in [-0.1, -0.05) is 6.07 Å². The Labute approximate surface area is 236 Å². The second-order valence-corrected chi connectivity index (χ2v) is 9.96. The smallest absolute Gasteiger partial charge is 0.371 e. The number of rotatable bonds is 11. The molecule has 0 fully saturated rings. The second kappa shape index (κ2) is 13.0. The quantitative estimate of drug-likeness (QED) is 0.235. The summed E-state index contributed by atoms with van der Waals surface area (Å²) in [6.45, 7) is 2.21. The molecule has 2 aromatic heterocycles. The summed E-state index contributed by atoms with van der Waals surface area (Å²) in [6.07, 6.45) is -0.293. The van der Waals surface area contributed by atoms with E-state index in [9.17, 15) is 18.0 Å². The number of nitrogens with one attached hydrogen (secondary N) is 3. The molecule has 218 valence electrons. The zero-order valence-electron chi connectivity index (χ0n) is 23.5. The first-order valence-corrected chi connectivity index (χ1v) is 13.1. The van der Waals surface area contributed by atoms with Gasteiger partial charge >= 0.3 is 12.2 Å². The first kappa shape index (κ1) is 29.7. The van der Waals surface area contributed by atoms with E-state index >= 15 is 0 Å². The number of aromatic nitrogens is 4. The van der Waals surface area contributed by atoms with Crippen LogP contribution in [0.5, 0.6) is 0 Å². The van der Waals surface area contributed by atoms with E-state index in [4.69, 9.17) is 0 Å². The molecular formula is C28H34F3N9O. The monoisotopic (exact) mass is 569 g/mol. The minimum absolute atomic E-state index is 0.0550. The van der Waals surface area contributed by atoms with Crippen LogP contribution in [0.2, 0.25) is 0 Å². The Morgan fingerprint density at radius 3 is 2.32 bits per heavy atom. The lowest BCUT2D eigenvalue weighted by Gasteiger charge is -2.20. The minimum atomic E-state index is -4.54. The summed E-state index contributed by atoms with van der Waals surface area (Å²) in [4.78, 5) is 29.5. The van der Waals surface area contributed by atoms with Gasteiger partial charge < -0.3 is 25.8 Å². The maximum absolute atomic E-state index is 13.9. The van der Waals surface area contributed by atoms with Crippen LogP contribution in [0.25, 0.3) is 16.9 Å². The molecule has 3 N–H and O–H groups in total. The Kier molecular flexibility index (Phi) is 9.40. The van der Waals surface area contributed by atoms with Crippen molar-refractivity contribution in [3.8, 4) is 5.69 Å². The number of carbonyl (C=O) groups excluding carboxylic acids is 1. The highest BCUT2D eigenvalue weighted by Crippen LogP contribution is 2.34. The van der Waals surface area contributed by atoms with Crippen LogP contribution in [0.1, 0.15) is 17.5 Å². The van der Waals surface area contributed by atoms with Crippen molar-refractivity contribution in [3.05, 3.63) is 66.2 Å². The number of hydrogen-bond acceptors (Lipinski definition) is 7. The normalized spacial score (nSPS) is 11.8. The molecule has 0 radical (unpaired) electrons. The Hall–Kier alpha value is -4.23. The third-order valence-corrected chi connectivity index (χ3v) is 6.55. The van der Waals surface area contributed by atoms with Gasteiger partial charge in [0.25, 0.3) is 0 Å². The van der Waals surface area contributed by atoms with Gasteiger partial charge in [0.05, 0.1) is 5.56 Å². The summed E-state index contributed by atoms with van der Waals surface area (Å²) in [5, 5.41) is 8.14. The highest BCUT2D eigenvalue weighted by molar-refractivity contribution is 5.99. The number of imidazole rings is 1. The summed E-state index contributed by atoms with van der Waals surface area (Å²) < 4.78 is 43.4. The van der Waals surface area contributed by atoms with Crippen molar-refractivity contribution in [2.45, 2.75) is 19.0 Å². The fourth-order valence-electron chi connectivity index (χ4n) is 4.42. The molecule has 0 saturated heterocycles. The van der Waals surface area contributed by atoms with Crippen molar-refractivity contribution in [1.29, 1.82) is 0 Å². The molecule has 2 amide bonds. The number of nitrogens with zero attached hydrogens (tertiary/aromatic N) is 6. The van der Waals surface area contributed by atoms with E-state index in [2.05, 4.69) is 35.8 Å². The standard InChI is InChI=1S/C28H34F3N9O/c1-32-25-24-26(34-17-33-25)40(18-35-24)22-10-8-20(9-11-22)36-27(41)37-21-7-6-19(23(16-21)28(29,30)31)12-15-39(4)14-5-13-38(2)3/h6-11,16-18H,5,12-15H2,1-4H3,(H,32,33,34)(H2,36,37,41). The molecule has 0 unspecified atom stereocenters. The highest BCUT2D eigenvalue weighted by atomic mass is 19.4. The molecule has 0 bridgehead atoms. The summed E-state index contributed by atoms with van der Waals surface area (Å²) >= 11 is 0. The van der Waals surface area contributed by atoms with Crippen molar-refractivity contribution in [2.24, 2.45) is 0 Å². The van der Waals surface area contributed by atoms with Crippen molar-refractivity contribution < 1.29 is 18.0 Å². The number of alkyl halides is 3. The highest BCUT2D eigenvalue weighted by Gasteiger charge is 2.33. The van der Waals surface area contributed by atoms with Crippen LogP contribution in [0, 0.1) is 0 Å². The first-order chi connectivity index (χ1) is 19.5. The van der Waals surface area contributed by atoms with E-state index < -0.39 is 17.8 Å². The molecule has 2 heterocycles. The molecule has 0 aliphatic rings. The largest absolute Gasteiger partial charge is 0.416 e. The molecular weight excluding hydrogens is 535 g/mol. The number of carbonyl (C=O) groups is 1. The van der Waals surface area contributed by atoms with Crippen LogP contribution in [0.3, 0.4) is 0 Å². The van der Waals surface area contributed by atoms with Crippen molar-refractivity contribution in [1.82, 2.24) is 29.3 Å². The van der Waals surface area contributed by atoms with Gasteiger partial charge in [0.2, 0.25) is 0 Å². The average Bonchev–Trinajstić information content (AvgIpc) is 3.36. The molecule has 0 spiro atoms. The molecule has 13 heteroatoms. The van der Waals surface area contributed by atoms with Gasteiger partial charge in [0, 0.05) is 30.7 Å². The maximum Gasteiger partial charge on any atom is 0.416 e. The zero-order chi connectivity index (χ0) is 29.6. The van der Waals surface area contributed by atoms with Crippen molar-refractivity contribution in [3.63, 3.8) is 0 Å². The fourth-order valence-corrected chi connectivity index (χ4v) is 4.42. The van der Waals surface area contributed by atoms with Crippen LogP contribution in [-0.2, 0) is 12.6 Å². The van der Waals surface area contributed by atoms with Gasteiger partial charge in [-0.2, -0.15) is 13.2 Å². The SMILES string of the molecule is CNc1ncnc2c1ncn2-c1ccc(NC(=O)Nc2ccc(CCN(C)CCCN(C)C)c(C(F)(F)F)c2)cc1. The Morgan fingerprint density at radius 1 is 0.927 bits per heavy atom. The van der Waals surface area contributed by atoms with Crippen molar-refractivity contribution >= 4 is 34.4 Å². The summed E-state index contributed by atoms with van der Waals surface area (Å²) in [5.41, 5.74) is 1.95. The minimum Gasteiger partial charge on any atom is -0.371 e. The van der Waals surface area contributed by atoms with E-state index in [0.29, 0.717) is 29.2 Å². The Morgan fingerprint density at radius 2 is 1.63 bits per heavy atom. The molecule has 0 atom stereocenters. The maximum atomic E-state index is 13.9. The molecule has 41 heavy (non-hydrogen) atoms. The number of fused-ring (bicyclic) bond motifs is 1. The molecule has 0 aliphatic carbocycles. The van der Waals surface area contributed by atoms with E-state index in [-0.39, 0.29) is 17.7 Å². The van der Waals surface area contributed by atoms with Crippen LogP contribution >= 0.6 is 0 Å². The number of urea groups is 1. The molecule has 4 aromatic rings. The van der Waals surface area contributed by atoms with Gasteiger partial charge in [0.1, 0.15) is 12.7 Å². The number of likely N-dealkylation sites (N-methyl/N-ethyl adjacent to an activating group) is 1. The third kappa shape index (κ3) is 7.70. The van der Waals surface area contributed by atoms with Gasteiger partial charge in [-0.3, -0.25) is 4.57 Å². The second-order valence-electron chi connectivity index (χ2n) is 9.96. The van der Waals surface area contributed by atoms with Gasteiger partial charge in [0.15, 0.2) is 17.0 Å². The van der Waals surface area contributed by atoms with Crippen LogP contribution in [0.4, 0.5) is 35.2 Å². The van der Waals surface area contributed by atoms with Crippen LogP contribution in [0.15, 0.2) is 55.1 Å². The van der Waals surface area contributed by atoms with Gasteiger partial charge in [-0.05, 0) is 89.0 Å². The van der Waals surface area contributed by atoms with Gasteiger partial charge in [-0.25, -0.2) is 19.7 Å². The lowest BCUT2D eigenvalue weighted by molar-refractivity contribution is -0.138. The topological polar surface area (TPSA) is 103 Å². The van der Waals surface area contributed by atoms with E-state index in [1.165, 1.54) is 18.5 Å². The third-order valence-electron chi connectivity index (χ3n) is 6.55. The number of hydrogen-bond donors (Lipinski definition) is 3. The number of anilines is 3. The predicted molar refractivity (Wildman–Crippen MR) is 155 cm³/mol. The lowest BCUT2D eigenvalue weighted by atomic mass is 10.0. The fraction of sp³-hybridized carbons (Fsp3) is 0.357. The average molecular weight is 570 g/mol. The van der Waals surface area contributed by atoms with E-state index in [0.717, 1.165) is 31.3 Å². The van der Waals surface area contributed by atoms with Crippen LogP contribution < -0.4 is 16.0 Å². The summed E-state index contributed by atoms with van der Waals surface area (Å²) in [6, 6.07) is 10.1. The molecule has 2 aromatic carbocycles. The summed E-state index contributed by atoms with van der Waals surface area (Å²) in [5.74, 6) is 0.605. The first-order valence-electron chi connectivity index (χ1n) is 13.1. The Balaban J connectivity index is 1.39. The van der Waals surface area contributed by atoms with Crippen LogP contribution in [-0.4, -0.2) is 83.2 Å².